The van der Waals surface area contributed by atoms with Gasteiger partial charge in [0.15, 0.2) is 5.78 Å². The lowest BCUT2D eigenvalue weighted by Gasteiger charge is -2.14. The summed E-state index contributed by atoms with van der Waals surface area (Å²) in [7, 11) is 0. The largest absolute Gasteiger partial charge is 0.294 e. The molecule has 0 aliphatic heterocycles. The van der Waals surface area contributed by atoms with Crippen molar-refractivity contribution >= 4 is 5.78 Å². The highest BCUT2D eigenvalue weighted by Gasteiger charge is 2.39. The molecule has 1 saturated carbocycles. The second-order valence-electron chi connectivity index (χ2n) is 4.80. The highest BCUT2D eigenvalue weighted by atomic mass is 16.1. The van der Waals surface area contributed by atoms with Gasteiger partial charge in [-0.15, -0.1) is 0 Å². The monoisotopic (exact) mass is 200 g/mol. The highest BCUT2D eigenvalue weighted by Crippen LogP contribution is 2.45. The number of hydrogen-bond donors (Lipinski definition) is 0. The Bertz CT molecular complexity index is 394. The minimum atomic E-state index is 0.310. The number of carbonyl (C=O) groups excluding carboxylic acids is 1. The normalized spacial score (nSPS) is 29.5. The van der Waals surface area contributed by atoms with Crippen molar-refractivity contribution in [2.45, 2.75) is 38.0 Å². The first-order valence-corrected chi connectivity index (χ1v) is 6.01. The molecule has 0 spiro atoms. The van der Waals surface area contributed by atoms with Crippen LogP contribution < -0.4 is 0 Å². The van der Waals surface area contributed by atoms with Gasteiger partial charge in [0.05, 0.1) is 0 Å². The van der Waals surface area contributed by atoms with Gasteiger partial charge in [0, 0.05) is 11.5 Å². The lowest BCUT2D eigenvalue weighted by Crippen LogP contribution is -2.11. The second kappa shape index (κ2) is 3.48. The summed E-state index contributed by atoms with van der Waals surface area (Å²) in [6, 6.07) is 8.22. The van der Waals surface area contributed by atoms with Crippen LogP contribution in [0.5, 0.6) is 0 Å². The van der Waals surface area contributed by atoms with Crippen LogP contribution in [0, 0.1) is 5.92 Å². The molecule has 1 fully saturated rings. The van der Waals surface area contributed by atoms with Crippen molar-refractivity contribution in [2.24, 2.45) is 5.92 Å². The van der Waals surface area contributed by atoms with Crippen molar-refractivity contribution in [3.05, 3.63) is 35.4 Å². The smallest absolute Gasteiger partial charge is 0.166 e. The zero-order valence-corrected chi connectivity index (χ0v) is 8.91. The van der Waals surface area contributed by atoms with Crippen LogP contribution in [0.3, 0.4) is 0 Å². The van der Waals surface area contributed by atoms with Crippen molar-refractivity contribution < 1.29 is 4.79 Å². The molecule has 1 heteroatoms. The number of ketones is 1. The average Bonchev–Trinajstić information content (AvgIpc) is 2.48. The molecule has 1 aromatic carbocycles. The molecule has 0 heterocycles. The Labute approximate surface area is 90.5 Å². The standard InChI is InChI=1S/C14H16O/c15-14-12-8-3-1-2-6-10(12)11-7-4-5-9-13(11)14/h4-5,7,9-10,12H,1-3,6,8H2. The Morgan fingerprint density at radius 3 is 2.53 bits per heavy atom. The number of hydrogen-bond acceptors (Lipinski definition) is 1. The third-order valence-corrected chi connectivity index (χ3v) is 3.98. The SMILES string of the molecule is O=C1c2ccccc2C2CCCCCC12. The van der Waals surface area contributed by atoms with Crippen LogP contribution in [0.15, 0.2) is 24.3 Å². The van der Waals surface area contributed by atoms with E-state index in [0.29, 0.717) is 17.6 Å². The van der Waals surface area contributed by atoms with Crippen molar-refractivity contribution in [3.8, 4) is 0 Å². The summed E-state index contributed by atoms with van der Waals surface area (Å²) in [4.78, 5) is 12.2. The third kappa shape index (κ3) is 1.33. The van der Waals surface area contributed by atoms with E-state index in [2.05, 4.69) is 12.1 Å². The van der Waals surface area contributed by atoms with Gasteiger partial charge in [0.1, 0.15) is 0 Å². The van der Waals surface area contributed by atoms with Crippen molar-refractivity contribution in [1.82, 2.24) is 0 Å². The molecule has 2 atom stereocenters. The predicted molar refractivity (Wildman–Crippen MR) is 60.1 cm³/mol. The summed E-state index contributed by atoms with van der Waals surface area (Å²) < 4.78 is 0. The van der Waals surface area contributed by atoms with Gasteiger partial charge in [-0.2, -0.15) is 0 Å². The van der Waals surface area contributed by atoms with Crippen LogP contribution in [0.4, 0.5) is 0 Å². The number of benzene rings is 1. The van der Waals surface area contributed by atoms with Crippen LogP contribution in [0.25, 0.3) is 0 Å². The van der Waals surface area contributed by atoms with E-state index in [9.17, 15) is 4.79 Å². The molecule has 15 heavy (non-hydrogen) atoms. The Morgan fingerprint density at radius 2 is 1.67 bits per heavy atom. The van der Waals surface area contributed by atoms with Crippen LogP contribution in [0.2, 0.25) is 0 Å². The highest BCUT2D eigenvalue weighted by molar-refractivity contribution is 6.03. The maximum absolute atomic E-state index is 12.2. The van der Waals surface area contributed by atoms with Gasteiger partial charge in [-0.05, 0) is 24.3 Å². The zero-order chi connectivity index (χ0) is 10.3. The van der Waals surface area contributed by atoms with Gasteiger partial charge in [-0.3, -0.25) is 4.79 Å². The van der Waals surface area contributed by atoms with E-state index in [-0.39, 0.29) is 0 Å². The molecule has 3 rings (SSSR count). The summed E-state index contributed by atoms with van der Waals surface area (Å²) in [5.74, 6) is 1.26. The Kier molecular flexibility index (Phi) is 2.12. The molecule has 0 saturated heterocycles. The maximum atomic E-state index is 12.2. The molecule has 78 valence electrons. The molecule has 2 aliphatic carbocycles. The fraction of sp³-hybridized carbons (Fsp3) is 0.500. The average molecular weight is 200 g/mol. The minimum absolute atomic E-state index is 0.310. The van der Waals surface area contributed by atoms with Gasteiger partial charge in [0.25, 0.3) is 0 Å². The Morgan fingerprint density at radius 1 is 0.933 bits per heavy atom. The predicted octanol–water partition coefficient (Wildman–Crippen LogP) is 3.55. The van der Waals surface area contributed by atoms with Gasteiger partial charge >= 0.3 is 0 Å². The quantitative estimate of drug-likeness (QED) is 0.626. The van der Waals surface area contributed by atoms with Gasteiger partial charge in [-0.25, -0.2) is 0 Å². The van der Waals surface area contributed by atoms with E-state index in [1.54, 1.807) is 0 Å². The first-order chi connectivity index (χ1) is 7.38. The molecule has 1 nitrogen and oxygen atoms in total. The lowest BCUT2D eigenvalue weighted by molar-refractivity contribution is 0.0917. The number of Topliss-reactive ketones (excluding diaryl/α,β-unsaturated/α-hetero) is 1. The topological polar surface area (TPSA) is 17.1 Å². The molecule has 1 aromatic rings. The molecular weight excluding hydrogens is 184 g/mol. The molecule has 0 bridgehead atoms. The molecule has 0 radical (unpaired) electrons. The summed E-state index contributed by atoms with van der Waals surface area (Å²) in [6.07, 6.45) is 6.16. The van der Waals surface area contributed by atoms with E-state index in [0.717, 1.165) is 12.0 Å². The Balaban J connectivity index is 2.06. The number of rotatable bonds is 0. The number of carbonyl (C=O) groups is 1. The van der Waals surface area contributed by atoms with Crippen molar-refractivity contribution in [1.29, 1.82) is 0 Å². The van der Waals surface area contributed by atoms with Gasteiger partial charge in [0.2, 0.25) is 0 Å². The summed E-state index contributed by atoms with van der Waals surface area (Å²) in [5, 5.41) is 0. The molecular formula is C14H16O. The van der Waals surface area contributed by atoms with Crippen molar-refractivity contribution in [3.63, 3.8) is 0 Å². The Hall–Kier alpha value is -1.11. The van der Waals surface area contributed by atoms with Crippen LogP contribution in [-0.4, -0.2) is 5.78 Å². The molecule has 0 N–H and O–H groups in total. The molecule has 2 unspecified atom stereocenters. The zero-order valence-electron chi connectivity index (χ0n) is 8.91. The van der Waals surface area contributed by atoms with E-state index >= 15 is 0 Å². The summed E-state index contributed by atoms with van der Waals surface area (Å²) >= 11 is 0. The van der Waals surface area contributed by atoms with E-state index in [1.807, 2.05) is 12.1 Å². The molecule has 2 aliphatic rings. The third-order valence-electron chi connectivity index (χ3n) is 3.98. The summed E-state index contributed by atoms with van der Waals surface area (Å²) in [6.45, 7) is 0. The molecule has 0 aromatic heterocycles. The van der Waals surface area contributed by atoms with E-state index < -0.39 is 0 Å². The van der Waals surface area contributed by atoms with E-state index in [1.165, 1.54) is 31.2 Å². The lowest BCUT2D eigenvalue weighted by atomic mass is 9.88. The first kappa shape index (κ1) is 9.14. The fourth-order valence-corrected chi connectivity index (χ4v) is 3.24. The summed E-state index contributed by atoms with van der Waals surface area (Å²) in [5.41, 5.74) is 2.34. The van der Waals surface area contributed by atoms with Crippen LogP contribution in [-0.2, 0) is 0 Å². The van der Waals surface area contributed by atoms with Crippen molar-refractivity contribution in [2.75, 3.05) is 0 Å². The van der Waals surface area contributed by atoms with Gasteiger partial charge in [-0.1, -0.05) is 43.5 Å². The van der Waals surface area contributed by atoms with E-state index in [4.69, 9.17) is 0 Å². The van der Waals surface area contributed by atoms with Gasteiger partial charge < -0.3 is 0 Å². The fourth-order valence-electron chi connectivity index (χ4n) is 3.24. The van der Waals surface area contributed by atoms with Crippen LogP contribution >= 0.6 is 0 Å². The number of fused-ring (bicyclic) bond motifs is 3. The second-order valence-corrected chi connectivity index (χ2v) is 4.80. The first-order valence-electron chi connectivity index (χ1n) is 6.01. The maximum Gasteiger partial charge on any atom is 0.166 e. The minimum Gasteiger partial charge on any atom is -0.294 e. The molecule has 0 amide bonds. The van der Waals surface area contributed by atoms with Crippen LogP contribution in [0.1, 0.15) is 53.9 Å².